The summed E-state index contributed by atoms with van der Waals surface area (Å²) in [5.74, 6) is 1.59. The second kappa shape index (κ2) is 4.53. The second-order valence-corrected chi connectivity index (χ2v) is 8.49. The number of Topliss-reactive ketones (excluding diaryl/α,β-unsaturated/α-hetero) is 1. The van der Waals surface area contributed by atoms with Gasteiger partial charge in [0.25, 0.3) is 0 Å². The summed E-state index contributed by atoms with van der Waals surface area (Å²) < 4.78 is 0. The van der Waals surface area contributed by atoms with Gasteiger partial charge in [0.2, 0.25) is 0 Å². The topological polar surface area (TPSA) is 54.4 Å². The van der Waals surface area contributed by atoms with Crippen molar-refractivity contribution >= 4 is 11.6 Å². The van der Waals surface area contributed by atoms with E-state index in [2.05, 4.69) is 13.8 Å². The van der Waals surface area contributed by atoms with E-state index in [1.807, 2.05) is 0 Å². The van der Waals surface area contributed by atoms with E-state index in [1.165, 1.54) is 0 Å². The molecule has 3 nitrogen and oxygen atoms in total. The molecule has 0 aromatic rings. The minimum atomic E-state index is -0.411. The number of rotatable bonds is 0. The molecule has 0 aliphatic heterocycles. The number of allylic oxidation sites excluding steroid dienone is 1. The van der Waals surface area contributed by atoms with Gasteiger partial charge in [-0.3, -0.25) is 9.59 Å². The Kier molecular flexibility index (Phi) is 3.01. The molecule has 120 valence electrons. The maximum absolute atomic E-state index is 12.7. The van der Waals surface area contributed by atoms with Gasteiger partial charge in [-0.05, 0) is 74.7 Å². The van der Waals surface area contributed by atoms with Crippen LogP contribution in [0.5, 0.6) is 0 Å². The van der Waals surface area contributed by atoms with E-state index in [0.29, 0.717) is 17.8 Å². The van der Waals surface area contributed by atoms with Crippen LogP contribution in [-0.2, 0) is 9.59 Å². The molecular formula is C19H26O3. The zero-order valence-electron chi connectivity index (χ0n) is 13.6. The normalized spacial score (nSPS) is 51.0. The van der Waals surface area contributed by atoms with Crippen LogP contribution in [0.1, 0.15) is 58.8 Å². The van der Waals surface area contributed by atoms with Crippen molar-refractivity contribution in [2.75, 3.05) is 0 Å². The molecule has 22 heavy (non-hydrogen) atoms. The number of carbonyl (C=O) groups excluding carboxylic acids is 2. The Hall–Kier alpha value is -0.960. The van der Waals surface area contributed by atoms with Gasteiger partial charge < -0.3 is 5.11 Å². The zero-order valence-corrected chi connectivity index (χ0v) is 13.6. The first-order chi connectivity index (χ1) is 10.4. The molecule has 0 amide bonds. The van der Waals surface area contributed by atoms with Crippen LogP contribution in [-0.4, -0.2) is 22.8 Å². The van der Waals surface area contributed by atoms with Crippen LogP contribution in [0.25, 0.3) is 0 Å². The number of hydrogen-bond donors (Lipinski definition) is 1. The first-order valence-electron chi connectivity index (χ1n) is 8.82. The van der Waals surface area contributed by atoms with Crippen LogP contribution in [0, 0.1) is 28.6 Å². The molecule has 0 aromatic carbocycles. The third kappa shape index (κ3) is 1.66. The standard InChI is InChI=1S/C19H26O3/c1-18-8-7-15-13(14(18)5-6-16(18)21)4-3-11-9-12(20)10-17(22)19(11,15)2/h9,13-16,21H,3-8,10H2,1-2H3/t13-,14-,15-,16?,18-,19-/m0/s1. The highest BCUT2D eigenvalue weighted by molar-refractivity contribution is 6.11. The highest BCUT2D eigenvalue weighted by Crippen LogP contribution is 2.64. The third-order valence-electron chi connectivity index (χ3n) is 7.79. The molecule has 0 heterocycles. The lowest BCUT2D eigenvalue weighted by atomic mass is 9.47. The predicted molar refractivity (Wildman–Crippen MR) is 83.1 cm³/mol. The van der Waals surface area contributed by atoms with Gasteiger partial charge in [-0.25, -0.2) is 0 Å². The molecule has 4 aliphatic carbocycles. The van der Waals surface area contributed by atoms with Crippen molar-refractivity contribution in [1.29, 1.82) is 0 Å². The van der Waals surface area contributed by atoms with Crippen molar-refractivity contribution in [3.63, 3.8) is 0 Å². The lowest BCUT2D eigenvalue weighted by molar-refractivity contribution is -0.141. The van der Waals surface area contributed by atoms with Crippen molar-refractivity contribution < 1.29 is 14.7 Å². The van der Waals surface area contributed by atoms with Crippen LogP contribution >= 0.6 is 0 Å². The van der Waals surface area contributed by atoms with Crippen molar-refractivity contribution in [2.45, 2.75) is 64.9 Å². The van der Waals surface area contributed by atoms with Gasteiger partial charge in [0.05, 0.1) is 17.9 Å². The number of hydrogen-bond acceptors (Lipinski definition) is 3. The Balaban J connectivity index is 1.74. The number of ketones is 2. The highest BCUT2D eigenvalue weighted by atomic mass is 16.3. The lowest BCUT2D eigenvalue weighted by Crippen LogP contribution is -2.54. The van der Waals surface area contributed by atoms with Gasteiger partial charge in [0.15, 0.2) is 11.6 Å². The molecule has 0 aromatic heterocycles. The molecule has 4 aliphatic rings. The largest absolute Gasteiger partial charge is 0.393 e. The molecule has 3 saturated carbocycles. The van der Waals surface area contributed by atoms with Crippen molar-refractivity contribution in [2.24, 2.45) is 28.6 Å². The van der Waals surface area contributed by atoms with Crippen LogP contribution in [0.15, 0.2) is 11.6 Å². The van der Waals surface area contributed by atoms with E-state index in [-0.39, 0.29) is 29.5 Å². The SMILES string of the molecule is C[C@]12C(=O)CC(=O)C=C1CC[C@@H]1[C@@H]2CC[C@]2(C)C(O)CC[C@@H]12. The summed E-state index contributed by atoms with van der Waals surface area (Å²) in [5.41, 5.74) is 0.731. The predicted octanol–water partition coefficient (Wildman–Crippen LogP) is 3.06. The molecular weight excluding hydrogens is 276 g/mol. The van der Waals surface area contributed by atoms with E-state index in [1.54, 1.807) is 6.08 Å². The van der Waals surface area contributed by atoms with Crippen molar-refractivity contribution in [1.82, 2.24) is 0 Å². The maximum Gasteiger partial charge on any atom is 0.163 e. The fraction of sp³-hybridized carbons (Fsp3) is 0.789. The Labute approximate surface area is 132 Å². The van der Waals surface area contributed by atoms with E-state index >= 15 is 0 Å². The summed E-state index contributed by atoms with van der Waals surface area (Å²) in [4.78, 5) is 24.5. The van der Waals surface area contributed by atoms with Crippen LogP contribution < -0.4 is 0 Å². The van der Waals surface area contributed by atoms with Gasteiger partial charge in [-0.2, -0.15) is 0 Å². The van der Waals surface area contributed by atoms with Crippen molar-refractivity contribution in [3.05, 3.63) is 11.6 Å². The number of carbonyl (C=O) groups is 2. The van der Waals surface area contributed by atoms with Crippen LogP contribution in [0.4, 0.5) is 0 Å². The zero-order chi connectivity index (χ0) is 15.7. The van der Waals surface area contributed by atoms with E-state index in [0.717, 1.165) is 44.1 Å². The molecule has 1 unspecified atom stereocenters. The molecule has 0 radical (unpaired) electrons. The summed E-state index contributed by atoms with van der Waals surface area (Å²) in [7, 11) is 0. The molecule has 0 spiro atoms. The third-order valence-corrected chi connectivity index (χ3v) is 7.79. The van der Waals surface area contributed by atoms with Gasteiger partial charge in [0, 0.05) is 0 Å². The average molecular weight is 302 g/mol. The molecule has 4 rings (SSSR count). The van der Waals surface area contributed by atoms with Gasteiger partial charge in [-0.1, -0.05) is 12.5 Å². The molecule has 1 N–H and O–H groups in total. The van der Waals surface area contributed by atoms with Gasteiger partial charge in [0.1, 0.15) is 0 Å². The first-order valence-corrected chi connectivity index (χ1v) is 8.82. The van der Waals surface area contributed by atoms with E-state index in [4.69, 9.17) is 0 Å². The molecule has 3 fully saturated rings. The van der Waals surface area contributed by atoms with Crippen molar-refractivity contribution in [3.8, 4) is 0 Å². The van der Waals surface area contributed by atoms with E-state index < -0.39 is 5.41 Å². The highest BCUT2D eigenvalue weighted by Gasteiger charge is 2.60. The minimum absolute atomic E-state index is 0.00661. The summed E-state index contributed by atoms with van der Waals surface area (Å²) in [6.45, 7) is 4.35. The van der Waals surface area contributed by atoms with Crippen LogP contribution in [0.2, 0.25) is 0 Å². The fourth-order valence-corrected chi connectivity index (χ4v) is 6.39. The summed E-state index contributed by atoms with van der Waals surface area (Å²) >= 11 is 0. The maximum atomic E-state index is 12.7. The Morgan fingerprint density at radius 2 is 1.86 bits per heavy atom. The molecule has 0 bridgehead atoms. The Bertz CT molecular complexity index is 577. The fourth-order valence-electron chi connectivity index (χ4n) is 6.39. The molecule has 6 atom stereocenters. The number of aliphatic hydroxyl groups is 1. The van der Waals surface area contributed by atoms with Gasteiger partial charge >= 0.3 is 0 Å². The summed E-state index contributed by atoms with van der Waals surface area (Å²) in [6, 6.07) is 0. The molecule has 3 heteroatoms. The number of fused-ring (bicyclic) bond motifs is 5. The lowest BCUT2D eigenvalue weighted by Gasteiger charge is -2.56. The van der Waals surface area contributed by atoms with Gasteiger partial charge in [-0.15, -0.1) is 0 Å². The second-order valence-electron chi connectivity index (χ2n) is 8.49. The first kappa shape index (κ1) is 14.6. The average Bonchev–Trinajstić information content (AvgIpc) is 2.77. The molecule has 0 saturated heterocycles. The Morgan fingerprint density at radius 1 is 1.09 bits per heavy atom. The van der Waals surface area contributed by atoms with E-state index in [9.17, 15) is 14.7 Å². The Morgan fingerprint density at radius 3 is 2.64 bits per heavy atom. The summed E-state index contributed by atoms with van der Waals surface area (Å²) in [5, 5.41) is 10.4. The smallest absolute Gasteiger partial charge is 0.163 e. The number of aliphatic hydroxyl groups excluding tert-OH is 1. The van der Waals surface area contributed by atoms with Crippen LogP contribution in [0.3, 0.4) is 0 Å². The quantitative estimate of drug-likeness (QED) is 0.700. The summed E-state index contributed by atoms with van der Waals surface area (Å²) in [6.07, 6.45) is 7.70. The minimum Gasteiger partial charge on any atom is -0.393 e. The monoisotopic (exact) mass is 302 g/mol.